The largest absolute Gasteiger partial charge is 0.330 e. The summed E-state index contributed by atoms with van der Waals surface area (Å²) in [6, 6.07) is 6.74. The maximum atomic E-state index is 5.60. The summed E-state index contributed by atoms with van der Waals surface area (Å²) >= 11 is 0. The zero-order chi connectivity index (χ0) is 10.6. The van der Waals surface area contributed by atoms with Gasteiger partial charge < -0.3 is 5.73 Å². The Morgan fingerprint density at radius 1 is 1.36 bits per heavy atom. The Balaban J connectivity index is 2.97. The van der Waals surface area contributed by atoms with Crippen LogP contribution in [0.5, 0.6) is 0 Å². The van der Waals surface area contributed by atoms with Gasteiger partial charge in [-0.2, -0.15) is 0 Å². The van der Waals surface area contributed by atoms with E-state index in [0.717, 1.165) is 19.4 Å². The zero-order valence-corrected chi connectivity index (χ0v) is 9.51. The lowest BCUT2D eigenvalue weighted by molar-refractivity contribution is 0.682. The summed E-state index contributed by atoms with van der Waals surface area (Å²) in [6.07, 6.45) is 2.20. The molecule has 0 aliphatic rings. The maximum Gasteiger partial charge on any atom is -0.00715 e. The molecule has 0 amide bonds. The Labute approximate surface area is 87.3 Å². The van der Waals surface area contributed by atoms with Crippen molar-refractivity contribution in [2.75, 3.05) is 6.54 Å². The van der Waals surface area contributed by atoms with E-state index < -0.39 is 0 Å². The Bertz CT molecular complexity index is 291. The molecule has 0 fully saturated rings. The first kappa shape index (κ1) is 11.3. The molecule has 14 heavy (non-hydrogen) atoms. The third kappa shape index (κ3) is 2.58. The first-order valence-corrected chi connectivity index (χ1v) is 5.48. The van der Waals surface area contributed by atoms with Crippen LogP contribution in [0.25, 0.3) is 0 Å². The summed E-state index contributed by atoms with van der Waals surface area (Å²) in [7, 11) is 0. The minimum atomic E-state index is 0.592. The molecular weight excluding hydrogens is 170 g/mol. The van der Waals surface area contributed by atoms with Gasteiger partial charge in [0.15, 0.2) is 0 Å². The molecule has 0 spiro atoms. The summed E-state index contributed by atoms with van der Waals surface area (Å²) < 4.78 is 0. The molecule has 0 bridgehead atoms. The molecular formula is C13H21N. The van der Waals surface area contributed by atoms with Gasteiger partial charge in [0.05, 0.1) is 0 Å². The summed E-state index contributed by atoms with van der Waals surface area (Å²) in [5.74, 6) is 0.592. The normalized spacial score (nSPS) is 12.9. The van der Waals surface area contributed by atoms with Crippen LogP contribution in [0.1, 0.15) is 42.9 Å². The van der Waals surface area contributed by atoms with Crippen LogP contribution in [-0.4, -0.2) is 6.54 Å². The molecule has 0 aromatic heterocycles. The van der Waals surface area contributed by atoms with Crippen LogP contribution in [0, 0.1) is 6.92 Å². The van der Waals surface area contributed by atoms with E-state index in [-0.39, 0.29) is 0 Å². The minimum absolute atomic E-state index is 0.592. The molecule has 1 heteroatoms. The lowest BCUT2D eigenvalue weighted by Crippen LogP contribution is -2.06. The van der Waals surface area contributed by atoms with Crippen molar-refractivity contribution in [3.8, 4) is 0 Å². The molecule has 1 nitrogen and oxygen atoms in total. The summed E-state index contributed by atoms with van der Waals surface area (Å²) in [5, 5.41) is 0. The number of aryl methyl sites for hydroxylation is 2. The first-order valence-electron chi connectivity index (χ1n) is 5.48. The fourth-order valence-corrected chi connectivity index (χ4v) is 1.90. The van der Waals surface area contributed by atoms with Crippen LogP contribution in [-0.2, 0) is 6.42 Å². The number of nitrogens with two attached hydrogens (primary N) is 1. The van der Waals surface area contributed by atoms with Gasteiger partial charge in [-0.1, -0.05) is 37.6 Å². The van der Waals surface area contributed by atoms with Crippen molar-refractivity contribution in [1.82, 2.24) is 0 Å². The summed E-state index contributed by atoms with van der Waals surface area (Å²) in [4.78, 5) is 0. The SMILES string of the molecule is CCc1ccc(C)cc1C(C)CCN. The van der Waals surface area contributed by atoms with Gasteiger partial charge in [0.25, 0.3) is 0 Å². The maximum absolute atomic E-state index is 5.60. The molecule has 1 atom stereocenters. The van der Waals surface area contributed by atoms with Gasteiger partial charge in [0, 0.05) is 0 Å². The van der Waals surface area contributed by atoms with E-state index in [9.17, 15) is 0 Å². The molecule has 1 aromatic rings. The van der Waals surface area contributed by atoms with Crippen molar-refractivity contribution >= 4 is 0 Å². The topological polar surface area (TPSA) is 26.0 Å². The van der Waals surface area contributed by atoms with Gasteiger partial charge in [-0.3, -0.25) is 0 Å². The third-order valence-electron chi connectivity index (χ3n) is 2.81. The Kier molecular flexibility index (Phi) is 4.15. The molecule has 0 saturated heterocycles. The van der Waals surface area contributed by atoms with Crippen molar-refractivity contribution < 1.29 is 0 Å². The number of benzene rings is 1. The Hall–Kier alpha value is -0.820. The minimum Gasteiger partial charge on any atom is -0.330 e. The Morgan fingerprint density at radius 3 is 2.64 bits per heavy atom. The Morgan fingerprint density at radius 2 is 2.07 bits per heavy atom. The van der Waals surface area contributed by atoms with Gasteiger partial charge in [0.2, 0.25) is 0 Å². The predicted octanol–water partition coefficient (Wildman–Crippen LogP) is 3.01. The van der Waals surface area contributed by atoms with E-state index in [1.165, 1.54) is 16.7 Å². The fourth-order valence-electron chi connectivity index (χ4n) is 1.90. The van der Waals surface area contributed by atoms with E-state index in [1.54, 1.807) is 0 Å². The van der Waals surface area contributed by atoms with Crippen LogP contribution >= 0.6 is 0 Å². The average molecular weight is 191 g/mol. The standard InChI is InChI=1S/C13H21N/c1-4-12-6-5-10(2)9-13(12)11(3)7-8-14/h5-6,9,11H,4,7-8,14H2,1-3H3. The van der Waals surface area contributed by atoms with E-state index in [4.69, 9.17) is 5.73 Å². The van der Waals surface area contributed by atoms with Gasteiger partial charge in [0.1, 0.15) is 0 Å². The molecule has 1 aromatic carbocycles. The molecule has 78 valence electrons. The van der Waals surface area contributed by atoms with Crippen molar-refractivity contribution in [2.45, 2.75) is 39.5 Å². The molecule has 1 rings (SSSR count). The second-order valence-electron chi connectivity index (χ2n) is 4.03. The number of rotatable bonds is 4. The molecule has 0 radical (unpaired) electrons. The zero-order valence-electron chi connectivity index (χ0n) is 9.51. The van der Waals surface area contributed by atoms with Crippen LogP contribution in [0.2, 0.25) is 0 Å². The summed E-state index contributed by atoms with van der Waals surface area (Å²) in [6.45, 7) is 7.40. The lowest BCUT2D eigenvalue weighted by Gasteiger charge is -2.15. The molecule has 0 saturated carbocycles. The molecule has 1 unspecified atom stereocenters. The highest BCUT2D eigenvalue weighted by molar-refractivity contribution is 5.34. The second-order valence-corrected chi connectivity index (χ2v) is 4.03. The third-order valence-corrected chi connectivity index (χ3v) is 2.81. The van der Waals surface area contributed by atoms with Gasteiger partial charge in [-0.05, 0) is 43.4 Å². The van der Waals surface area contributed by atoms with Crippen LogP contribution in [0.3, 0.4) is 0 Å². The van der Waals surface area contributed by atoms with Crippen molar-refractivity contribution in [3.63, 3.8) is 0 Å². The molecule has 0 heterocycles. The monoisotopic (exact) mass is 191 g/mol. The number of hydrogen-bond donors (Lipinski definition) is 1. The lowest BCUT2D eigenvalue weighted by atomic mass is 9.91. The predicted molar refractivity (Wildman–Crippen MR) is 62.6 cm³/mol. The average Bonchev–Trinajstić information content (AvgIpc) is 2.18. The van der Waals surface area contributed by atoms with Crippen molar-refractivity contribution in [3.05, 3.63) is 34.9 Å². The first-order chi connectivity index (χ1) is 6.69. The summed E-state index contributed by atoms with van der Waals surface area (Å²) in [5.41, 5.74) is 9.90. The number of hydrogen-bond acceptors (Lipinski definition) is 1. The van der Waals surface area contributed by atoms with Crippen molar-refractivity contribution in [1.29, 1.82) is 0 Å². The van der Waals surface area contributed by atoms with Crippen LogP contribution in [0.15, 0.2) is 18.2 Å². The van der Waals surface area contributed by atoms with Gasteiger partial charge in [-0.25, -0.2) is 0 Å². The highest BCUT2D eigenvalue weighted by Crippen LogP contribution is 2.24. The van der Waals surface area contributed by atoms with E-state index in [0.29, 0.717) is 5.92 Å². The molecule has 0 aliphatic carbocycles. The van der Waals surface area contributed by atoms with Crippen LogP contribution in [0.4, 0.5) is 0 Å². The molecule has 2 N–H and O–H groups in total. The fraction of sp³-hybridized carbons (Fsp3) is 0.538. The van der Waals surface area contributed by atoms with Gasteiger partial charge in [-0.15, -0.1) is 0 Å². The highest BCUT2D eigenvalue weighted by atomic mass is 14.5. The highest BCUT2D eigenvalue weighted by Gasteiger charge is 2.08. The van der Waals surface area contributed by atoms with E-state index in [1.807, 2.05) is 0 Å². The second kappa shape index (κ2) is 5.16. The van der Waals surface area contributed by atoms with E-state index in [2.05, 4.69) is 39.0 Å². The van der Waals surface area contributed by atoms with Gasteiger partial charge >= 0.3 is 0 Å². The van der Waals surface area contributed by atoms with E-state index >= 15 is 0 Å². The molecule has 0 aliphatic heterocycles. The quantitative estimate of drug-likeness (QED) is 0.778. The smallest absolute Gasteiger partial charge is 0.00715 e. The van der Waals surface area contributed by atoms with Crippen molar-refractivity contribution in [2.24, 2.45) is 5.73 Å². The van der Waals surface area contributed by atoms with Crippen LogP contribution < -0.4 is 5.73 Å².